The van der Waals surface area contributed by atoms with E-state index >= 15 is 0 Å². The molecule has 19 heavy (non-hydrogen) atoms. The van der Waals surface area contributed by atoms with E-state index < -0.39 is 5.72 Å². The van der Waals surface area contributed by atoms with Crippen molar-refractivity contribution in [1.82, 2.24) is 14.9 Å². The molecule has 0 radical (unpaired) electrons. The van der Waals surface area contributed by atoms with Crippen LogP contribution < -0.4 is 0 Å². The molecule has 6 nitrogen and oxygen atoms in total. The predicted molar refractivity (Wildman–Crippen MR) is 66.2 cm³/mol. The Bertz CT molecular complexity index is 611. The number of carbonyl (C=O) groups is 1. The van der Waals surface area contributed by atoms with Gasteiger partial charge < -0.3 is 15.2 Å². The van der Waals surface area contributed by atoms with Gasteiger partial charge >= 0.3 is 0 Å². The summed E-state index contributed by atoms with van der Waals surface area (Å²) in [4.78, 5) is 20.4. The highest BCUT2D eigenvalue weighted by Crippen LogP contribution is 2.40. The fourth-order valence-electron chi connectivity index (χ4n) is 2.49. The first-order valence-corrected chi connectivity index (χ1v) is 5.94. The molecule has 1 aliphatic rings. The molecule has 6 heteroatoms. The number of aromatic amines is 1. The van der Waals surface area contributed by atoms with Gasteiger partial charge in [-0.25, -0.2) is 4.98 Å². The maximum absolute atomic E-state index is 12.3. The second-order valence-corrected chi connectivity index (χ2v) is 4.34. The number of β-amino-alcohol motifs (C(OH)–C–C–N with tert-alkyl or cyclic N) is 1. The Labute approximate surface area is 109 Å². The summed E-state index contributed by atoms with van der Waals surface area (Å²) in [7, 11) is 0. The summed E-state index contributed by atoms with van der Waals surface area (Å²) in [5.41, 5.74) is -0.752. The molecule has 1 aliphatic heterocycles. The number of imidazole rings is 1. The van der Waals surface area contributed by atoms with Crippen molar-refractivity contribution in [2.24, 2.45) is 0 Å². The second-order valence-electron chi connectivity index (χ2n) is 4.34. The zero-order chi connectivity index (χ0) is 13.5. The Morgan fingerprint density at radius 3 is 2.84 bits per heavy atom. The minimum atomic E-state index is -1.65. The third kappa shape index (κ3) is 1.50. The number of nitrogens with zero attached hydrogens (tertiary/aromatic N) is 2. The van der Waals surface area contributed by atoms with Gasteiger partial charge in [0.05, 0.1) is 6.61 Å². The maximum atomic E-state index is 12.3. The van der Waals surface area contributed by atoms with Crippen LogP contribution in [0, 0.1) is 0 Å². The van der Waals surface area contributed by atoms with Crippen molar-refractivity contribution in [3.63, 3.8) is 0 Å². The van der Waals surface area contributed by atoms with Gasteiger partial charge in [0.25, 0.3) is 5.91 Å². The molecule has 0 saturated carbocycles. The van der Waals surface area contributed by atoms with Crippen LogP contribution in [0.1, 0.15) is 21.7 Å². The molecule has 1 amide bonds. The number of aliphatic hydroxyl groups is 2. The number of rotatable bonds is 3. The Morgan fingerprint density at radius 1 is 1.37 bits per heavy atom. The van der Waals surface area contributed by atoms with Crippen molar-refractivity contribution >= 4 is 5.91 Å². The normalized spacial score (nSPS) is 21.8. The van der Waals surface area contributed by atoms with Gasteiger partial charge in [0.1, 0.15) is 0 Å². The molecule has 0 aliphatic carbocycles. The smallest absolute Gasteiger partial charge is 0.257 e. The van der Waals surface area contributed by atoms with E-state index in [4.69, 9.17) is 5.11 Å². The summed E-state index contributed by atoms with van der Waals surface area (Å²) in [6, 6.07) is 6.83. The lowest BCUT2D eigenvalue weighted by molar-refractivity contribution is -0.0607. The van der Waals surface area contributed by atoms with E-state index in [2.05, 4.69) is 9.97 Å². The molecule has 1 unspecified atom stereocenters. The Kier molecular flexibility index (Phi) is 2.62. The van der Waals surface area contributed by atoms with Crippen molar-refractivity contribution in [3.8, 4) is 0 Å². The van der Waals surface area contributed by atoms with E-state index in [-0.39, 0.29) is 24.9 Å². The van der Waals surface area contributed by atoms with Gasteiger partial charge in [0.15, 0.2) is 5.82 Å². The molecule has 1 aromatic heterocycles. The molecular formula is C13H13N3O3. The summed E-state index contributed by atoms with van der Waals surface area (Å²) < 4.78 is 0. The van der Waals surface area contributed by atoms with Crippen LogP contribution in [0.2, 0.25) is 0 Å². The fourth-order valence-corrected chi connectivity index (χ4v) is 2.49. The quantitative estimate of drug-likeness (QED) is 0.726. The third-order valence-electron chi connectivity index (χ3n) is 3.32. The number of fused-ring (bicyclic) bond motifs is 1. The van der Waals surface area contributed by atoms with Crippen LogP contribution in [0.15, 0.2) is 36.7 Å². The lowest BCUT2D eigenvalue weighted by Gasteiger charge is -2.32. The van der Waals surface area contributed by atoms with Gasteiger partial charge in [0.2, 0.25) is 5.72 Å². The van der Waals surface area contributed by atoms with E-state index in [0.717, 1.165) is 0 Å². The van der Waals surface area contributed by atoms with Gasteiger partial charge in [-0.3, -0.25) is 9.69 Å². The second kappa shape index (κ2) is 4.18. The zero-order valence-electron chi connectivity index (χ0n) is 10.1. The first kappa shape index (κ1) is 11.9. The van der Waals surface area contributed by atoms with Crippen molar-refractivity contribution < 1.29 is 15.0 Å². The zero-order valence-corrected chi connectivity index (χ0v) is 10.1. The van der Waals surface area contributed by atoms with Crippen LogP contribution in [0.4, 0.5) is 0 Å². The molecule has 2 aromatic rings. The topological polar surface area (TPSA) is 89.4 Å². The highest BCUT2D eigenvalue weighted by atomic mass is 16.3. The molecule has 1 aromatic carbocycles. The maximum Gasteiger partial charge on any atom is 0.257 e. The lowest BCUT2D eigenvalue weighted by atomic mass is 10.0. The van der Waals surface area contributed by atoms with Crippen molar-refractivity contribution in [3.05, 3.63) is 53.6 Å². The largest absolute Gasteiger partial charge is 0.395 e. The van der Waals surface area contributed by atoms with Crippen LogP contribution in [0.3, 0.4) is 0 Å². The molecule has 0 saturated heterocycles. The van der Waals surface area contributed by atoms with Crippen LogP contribution in [0.25, 0.3) is 0 Å². The minimum Gasteiger partial charge on any atom is -0.395 e. The Hall–Kier alpha value is -2.18. The first-order chi connectivity index (χ1) is 9.19. The summed E-state index contributed by atoms with van der Waals surface area (Å²) in [6.45, 7) is -0.201. The standard InChI is InChI=1S/C13H13N3O3/c17-8-7-16-11(18)9-3-1-2-4-10(9)13(16,19)12-14-5-6-15-12/h1-6,17,19H,7-8H2,(H,14,15). The number of aromatic nitrogens is 2. The highest BCUT2D eigenvalue weighted by Gasteiger charge is 2.51. The Balaban J connectivity index is 2.22. The van der Waals surface area contributed by atoms with Gasteiger partial charge in [0, 0.05) is 30.1 Å². The molecule has 3 rings (SSSR count). The summed E-state index contributed by atoms with van der Waals surface area (Å²) >= 11 is 0. The monoisotopic (exact) mass is 259 g/mol. The number of nitrogens with one attached hydrogen (secondary N) is 1. The van der Waals surface area contributed by atoms with Gasteiger partial charge in [-0.05, 0) is 6.07 Å². The number of aliphatic hydroxyl groups excluding tert-OH is 1. The molecule has 2 heterocycles. The van der Waals surface area contributed by atoms with Crippen LogP contribution in [-0.4, -0.2) is 44.1 Å². The molecule has 0 spiro atoms. The number of amides is 1. The Morgan fingerprint density at radius 2 is 2.16 bits per heavy atom. The van der Waals surface area contributed by atoms with Crippen LogP contribution in [-0.2, 0) is 5.72 Å². The molecular weight excluding hydrogens is 246 g/mol. The minimum absolute atomic E-state index is 0.0325. The third-order valence-corrected chi connectivity index (χ3v) is 3.32. The molecule has 1 atom stereocenters. The number of benzene rings is 1. The number of carbonyl (C=O) groups excluding carboxylic acids is 1. The van der Waals surface area contributed by atoms with Crippen molar-refractivity contribution in [2.75, 3.05) is 13.2 Å². The SMILES string of the molecule is O=C1c2ccccc2C(O)(c2ncc[nH]2)N1CCO. The van der Waals surface area contributed by atoms with E-state index in [1.807, 2.05) is 0 Å². The molecule has 0 bridgehead atoms. The fraction of sp³-hybridized carbons (Fsp3) is 0.231. The van der Waals surface area contributed by atoms with Gasteiger partial charge in [-0.2, -0.15) is 0 Å². The number of hydrogen-bond donors (Lipinski definition) is 3. The highest BCUT2D eigenvalue weighted by molar-refractivity contribution is 6.00. The predicted octanol–water partition coefficient (Wildman–Crippen LogP) is 0.0512. The van der Waals surface area contributed by atoms with Crippen molar-refractivity contribution in [1.29, 1.82) is 0 Å². The van der Waals surface area contributed by atoms with Crippen LogP contribution in [0.5, 0.6) is 0 Å². The first-order valence-electron chi connectivity index (χ1n) is 5.94. The average molecular weight is 259 g/mol. The van der Waals surface area contributed by atoms with E-state index in [0.29, 0.717) is 11.1 Å². The average Bonchev–Trinajstić information content (AvgIpc) is 3.03. The van der Waals surface area contributed by atoms with Crippen LogP contribution >= 0.6 is 0 Å². The summed E-state index contributed by atoms with van der Waals surface area (Å²) in [6.07, 6.45) is 3.09. The summed E-state index contributed by atoms with van der Waals surface area (Å²) in [5.74, 6) is -0.0530. The molecule has 98 valence electrons. The van der Waals surface area contributed by atoms with Gasteiger partial charge in [-0.1, -0.05) is 18.2 Å². The molecule has 3 N–H and O–H groups in total. The van der Waals surface area contributed by atoms with E-state index in [9.17, 15) is 9.90 Å². The molecule has 0 fully saturated rings. The van der Waals surface area contributed by atoms with E-state index in [1.165, 1.54) is 11.1 Å². The number of hydrogen-bond acceptors (Lipinski definition) is 4. The van der Waals surface area contributed by atoms with Gasteiger partial charge in [-0.15, -0.1) is 0 Å². The van der Waals surface area contributed by atoms with Crippen molar-refractivity contribution in [2.45, 2.75) is 5.72 Å². The van der Waals surface area contributed by atoms with E-state index in [1.54, 1.807) is 30.5 Å². The summed E-state index contributed by atoms with van der Waals surface area (Å²) in [5, 5.41) is 20.1. The lowest BCUT2D eigenvalue weighted by Crippen LogP contribution is -2.46. The number of H-pyrrole nitrogens is 1.